The maximum absolute atomic E-state index is 11.1. The zero-order valence-electron chi connectivity index (χ0n) is 8.95. The van der Waals surface area contributed by atoms with Crippen molar-refractivity contribution in [1.29, 1.82) is 0 Å². The van der Waals surface area contributed by atoms with Crippen LogP contribution in [0.3, 0.4) is 0 Å². The number of rotatable bonds is 6. The van der Waals surface area contributed by atoms with E-state index in [1.54, 1.807) is 6.92 Å². The molecule has 0 saturated heterocycles. The molecule has 0 saturated carbocycles. The highest BCUT2D eigenvalue weighted by atomic mass is 16.4. The molecule has 1 atom stereocenters. The Morgan fingerprint density at radius 1 is 1.25 bits per heavy atom. The van der Waals surface area contributed by atoms with Crippen molar-refractivity contribution in [3.63, 3.8) is 0 Å². The Morgan fingerprint density at radius 3 is 2.25 bits per heavy atom. The summed E-state index contributed by atoms with van der Waals surface area (Å²) < 4.78 is 0. The molecule has 0 aromatic carbocycles. The van der Waals surface area contributed by atoms with Gasteiger partial charge in [0.1, 0.15) is 6.04 Å². The standard InChI is InChI=1S/C8H16N4O4/c1-2-5(6(13)14)12-8(16)11-4-3-10-7(9)15/h5H,2-4H2,1H3,(H,13,14)(H3,9,10,15)(H2,11,12,16)/t5-/m1/s1. The Balaban J connectivity index is 3.73. The number of urea groups is 2. The van der Waals surface area contributed by atoms with Gasteiger partial charge in [0.15, 0.2) is 0 Å². The van der Waals surface area contributed by atoms with E-state index < -0.39 is 24.1 Å². The topological polar surface area (TPSA) is 134 Å². The average Bonchev–Trinajstić information content (AvgIpc) is 2.20. The Hall–Kier alpha value is -1.99. The second-order valence-electron chi connectivity index (χ2n) is 2.99. The predicted molar refractivity (Wildman–Crippen MR) is 55.8 cm³/mol. The summed E-state index contributed by atoms with van der Waals surface area (Å²) in [6.07, 6.45) is 0.294. The first-order valence-electron chi connectivity index (χ1n) is 4.77. The molecule has 16 heavy (non-hydrogen) atoms. The Bertz CT molecular complexity index is 269. The summed E-state index contributed by atoms with van der Waals surface area (Å²) in [5.41, 5.74) is 4.80. The third-order valence-corrected chi connectivity index (χ3v) is 1.72. The summed E-state index contributed by atoms with van der Waals surface area (Å²) in [6.45, 7) is 2.01. The van der Waals surface area contributed by atoms with Crippen LogP contribution in [-0.4, -0.2) is 42.3 Å². The molecule has 92 valence electrons. The lowest BCUT2D eigenvalue weighted by molar-refractivity contribution is -0.139. The maximum atomic E-state index is 11.1. The van der Waals surface area contributed by atoms with Crippen LogP contribution in [0.4, 0.5) is 9.59 Å². The van der Waals surface area contributed by atoms with E-state index in [1.165, 1.54) is 0 Å². The van der Waals surface area contributed by atoms with Crippen LogP contribution in [0.1, 0.15) is 13.3 Å². The van der Waals surface area contributed by atoms with Gasteiger partial charge in [0, 0.05) is 13.1 Å². The largest absolute Gasteiger partial charge is 0.480 e. The van der Waals surface area contributed by atoms with Gasteiger partial charge in [-0.3, -0.25) is 0 Å². The van der Waals surface area contributed by atoms with E-state index in [0.29, 0.717) is 6.42 Å². The van der Waals surface area contributed by atoms with Crippen LogP contribution in [0, 0.1) is 0 Å². The van der Waals surface area contributed by atoms with Gasteiger partial charge in [-0.05, 0) is 6.42 Å². The fourth-order valence-corrected chi connectivity index (χ4v) is 0.909. The first-order chi connectivity index (χ1) is 7.47. The molecular weight excluding hydrogens is 216 g/mol. The first kappa shape index (κ1) is 14.0. The molecule has 0 fully saturated rings. The van der Waals surface area contributed by atoms with Crippen LogP contribution in [0.5, 0.6) is 0 Å². The van der Waals surface area contributed by atoms with E-state index in [0.717, 1.165) is 0 Å². The highest BCUT2D eigenvalue weighted by Gasteiger charge is 2.16. The molecule has 0 unspecified atom stereocenters. The minimum Gasteiger partial charge on any atom is -0.480 e. The summed E-state index contributed by atoms with van der Waals surface area (Å²) in [6, 6.07) is -2.19. The number of hydrogen-bond donors (Lipinski definition) is 5. The molecule has 0 aromatic rings. The van der Waals surface area contributed by atoms with E-state index in [1.807, 2.05) is 0 Å². The molecule has 4 amide bonds. The van der Waals surface area contributed by atoms with Gasteiger partial charge in [-0.1, -0.05) is 6.92 Å². The molecule has 8 heteroatoms. The number of hydrogen-bond acceptors (Lipinski definition) is 3. The van der Waals surface area contributed by atoms with E-state index in [2.05, 4.69) is 16.0 Å². The van der Waals surface area contributed by atoms with Crippen LogP contribution in [0.2, 0.25) is 0 Å². The van der Waals surface area contributed by atoms with Crippen LogP contribution in [-0.2, 0) is 4.79 Å². The van der Waals surface area contributed by atoms with Crippen molar-refractivity contribution in [2.24, 2.45) is 5.73 Å². The maximum Gasteiger partial charge on any atom is 0.326 e. The molecule has 8 nitrogen and oxygen atoms in total. The normalized spacial score (nSPS) is 11.3. The predicted octanol–water partition coefficient (Wildman–Crippen LogP) is -1.18. The minimum absolute atomic E-state index is 0.171. The molecule has 0 rings (SSSR count). The molecule has 0 aliphatic rings. The van der Waals surface area contributed by atoms with Crippen molar-refractivity contribution in [2.75, 3.05) is 13.1 Å². The Labute approximate surface area is 92.6 Å². The van der Waals surface area contributed by atoms with Gasteiger partial charge in [0.05, 0.1) is 0 Å². The Morgan fingerprint density at radius 2 is 1.81 bits per heavy atom. The number of aliphatic carboxylic acids is 1. The molecular formula is C8H16N4O4. The molecule has 0 bridgehead atoms. The summed E-state index contributed by atoms with van der Waals surface area (Å²) in [7, 11) is 0. The molecule has 0 aromatic heterocycles. The van der Waals surface area contributed by atoms with Crippen LogP contribution < -0.4 is 21.7 Å². The number of amides is 4. The van der Waals surface area contributed by atoms with Crippen LogP contribution in [0.25, 0.3) is 0 Å². The van der Waals surface area contributed by atoms with Crippen molar-refractivity contribution >= 4 is 18.0 Å². The minimum atomic E-state index is -1.09. The van der Waals surface area contributed by atoms with Crippen molar-refractivity contribution in [2.45, 2.75) is 19.4 Å². The van der Waals surface area contributed by atoms with E-state index in [-0.39, 0.29) is 13.1 Å². The molecule has 0 aliphatic heterocycles. The number of nitrogens with two attached hydrogens (primary N) is 1. The number of carboxylic acid groups (broad SMARTS) is 1. The zero-order valence-corrected chi connectivity index (χ0v) is 8.95. The summed E-state index contributed by atoms with van der Waals surface area (Å²) in [4.78, 5) is 32.0. The molecule has 0 radical (unpaired) electrons. The number of carbonyl (C=O) groups is 3. The van der Waals surface area contributed by atoms with Crippen LogP contribution in [0.15, 0.2) is 0 Å². The quantitative estimate of drug-likeness (QED) is 0.368. The molecule has 0 spiro atoms. The highest BCUT2D eigenvalue weighted by molar-refractivity contribution is 5.82. The van der Waals surface area contributed by atoms with Crippen molar-refractivity contribution in [1.82, 2.24) is 16.0 Å². The van der Waals surface area contributed by atoms with Crippen LogP contribution >= 0.6 is 0 Å². The highest BCUT2D eigenvalue weighted by Crippen LogP contribution is 1.89. The van der Waals surface area contributed by atoms with Gasteiger partial charge in [-0.15, -0.1) is 0 Å². The van der Waals surface area contributed by atoms with Gasteiger partial charge in [0.2, 0.25) is 0 Å². The van der Waals surface area contributed by atoms with Gasteiger partial charge in [0.25, 0.3) is 0 Å². The Kier molecular flexibility index (Phi) is 6.41. The summed E-state index contributed by atoms with van der Waals surface area (Å²) >= 11 is 0. The smallest absolute Gasteiger partial charge is 0.326 e. The molecule has 0 aliphatic carbocycles. The lowest BCUT2D eigenvalue weighted by atomic mass is 10.2. The average molecular weight is 232 g/mol. The lowest BCUT2D eigenvalue weighted by Gasteiger charge is -2.13. The second-order valence-corrected chi connectivity index (χ2v) is 2.99. The molecule has 6 N–H and O–H groups in total. The lowest BCUT2D eigenvalue weighted by Crippen LogP contribution is -2.47. The summed E-state index contributed by atoms with van der Waals surface area (Å²) in [5, 5.41) is 15.6. The van der Waals surface area contributed by atoms with Crippen molar-refractivity contribution in [3.8, 4) is 0 Å². The van der Waals surface area contributed by atoms with Gasteiger partial charge in [-0.25, -0.2) is 14.4 Å². The number of carboxylic acids is 1. The number of carbonyl (C=O) groups excluding carboxylic acids is 2. The van der Waals surface area contributed by atoms with Crippen molar-refractivity contribution < 1.29 is 19.5 Å². The van der Waals surface area contributed by atoms with E-state index in [4.69, 9.17) is 10.8 Å². The third-order valence-electron chi connectivity index (χ3n) is 1.72. The number of nitrogens with one attached hydrogen (secondary N) is 3. The van der Waals surface area contributed by atoms with Gasteiger partial charge < -0.3 is 26.8 Å². The monoisotopic (exact) mass is 232 g/mol. The summed E-state index contributed by atoms with van der Waals surface area (Å²) in [5.74, 6) is -1.09. The first-order valence-corrected chi connectivity index (χ1v) is 4.77. The fourth-order valence-electron chi connectivity index (χ4n) is 0.909. The van der Waals surface area contributed by atoms with E-state index in [9.17, 15) is 14.4 Å². The third kappa shape index (κ3) is 6.46. The van der Waals surface area contributed by atoms with E-state index >= 15 is 0 Å². The fraction of sp³-hybridized carbons (Fsp3) is 0.625. The van der Waals surface area contributed by atoms with Gasteiger partial charge >= 0.3 is 18.0 Å². The second kappa shape index (κ2) is 7.32. The zero-order chi connectivity index (χ0) is 12.6. The molecule has 0 heterocycles. The van der Waals surface area contributed by atoms with Gasteiger partial charge in [-0.2, -0.15) is 0 Å². The number of primary amides is 1. The SMILES string of the molecule is CC[C@@H](NC(=O)NCCNC(N)=O)C(=O)O. The van der Waals surface area contributed by atoms with Crippen molar-refractivity contribution in [3.05, 3.63) is 0 Å².